The number of fused-ring (bicyclic) bond motifs is 1. The number of nitrogens with zero attached hydrogens (tertiary/aromatic N) is 6. The molecule has 2 aromatic heterocycles. The lowest BCUT2D eigenvalue weighted by molar-refractivity contribution is 0.0257. The molecule has 10 heteroatoms. The number of nitrogens with one attached hydrogen (secondary N) is 1. The topological polar surface area (TPSA) is 71.8 Å². The zero-order chi connectivity index (χ0) is 20.0. The third-order valence-corrected chi connectivity index (χ3v) is 5.90. The van der Waals surface area contributed by atoms with E-state index < -0.39 is 5.92 Å². The Labute approximate surface area is 171 Å². The summed E-state index contributed by atoms with van der Waals surface area (Å²) in [5.41, 5.74) is 1.81. The molecule has 1 saturated carbocycles. The fraction of sp³-hybridized carbons (Fsp3) is 0.474. The van der Waals surface area contributed by atoms with E-state index in [0.717, 1.165) is 24.8 Å². The molecule has 0 spiro atoms. The summed E-state index contributed by atoms with van der Waals surface area (Å²) in [6.07, 6.45) is 3.07. The Hall–Kier alpha value is -2.55. The number of rotatable bonds is 5. The highest BCUT2D eigenvalue weighted by Gasteiger charge is 2.40. The summed E-state index contributed by atoms with van der Waals surface area (Å²) in [5.74, 6) is -1.90. The van der Waals surface area contributed by atoms with Gasteiger partial charge in [0.25, 0.3) is 5.92 Å². The van der Waals surface area contributed by atoms with Crippen molar-refractivity contribution in [1.29, 1.82) is 0 Å². The molecule has 0 atom stereocenters. The SMILES string of the molecule is FC1(F)CCN(c2nc(NC3CCC3)nc3c2nnn3Cc2ccccc2Cl)C1. The molecule has 0 amide bonds. The van der Waals surface area contributed by atoms with E-state index >= 15 is 0 Å². The van der Waals surface area contributed by atoms with Gasteiger partial charge in [-0.15, -0.1) is 5.10 Å². The number of anilines is 2. The van der Waals surface area contributed by atoms with Crippen LogP contribution in [0.5, 0.6) is 0 Å². The zero-order valence-corrected chi connectivity index (χ0v) is 16.4. The average molecular weight is 420 g/mol. The molecular formula is C19H20ClF2N7. The zero-order valence-electron chi connectivity index (χ0n) is 15.7. The first-order valence-electron chi connectivity index (χ1n) is 9.72. The van der Waals surface area contributed by atoms with Gasteiger partial charge in [-0.05, 0) is 30.9 Å². The van der Waals surface area contributed by atoms with Crippen LogP contribution in [0.25, 0.3) is 11.2 Å². The predicted molar refractivity (Wildman–Crippen MR) is 107 cm³/mol. The largest absolute Gasteiger partial charge is 0.351 e. The highest BCUT2D eigenvalue weighted by molar-refractivity contribution is 6.31. The van der Waals surface area contributed by atoms with Gasteiger partial charge in [0.15, 0.2) is 17.0 Å². The quantitative estimate of drug-likeness (QED) is 0.679. The van der Waals surface area contributed by atoms with Crippen molar-refractivity contribution in [3.05, 3.63) is 34.9 Å². The first-order valence-corrected chi connectivity index (χ1v) is 10.1. The van der Waals surface area contributed by atoms with E-state index in [4.69, 9.17) is 11.6 Å². The molecule has 5 rings (SSSR count). The summed E-state index contributed by atoms with van der Waals surface area (Å²) >= 11 is 6.29. The van der Waals surface area contributed by atoms with Crippen LogP contribution in [0.4, 0.5) is 20.5 Å². The normalized spacial score (nSPS) is 18.9. The van der Waals surface area contributed by atoms with Crippen LogP contribution in [0.15, 0.2) is 24.3 Å². The van der Waals surface area contributed by atoms with Crippen LogP contribution in [0, 0.1) is 0 Å². The van der Waals surface area contributed by atoms with Crippen LogP contribution >= 0.6 is 11.6 Å². The van der Waals surface area contributed by atoms with E-state index in [1.807, 2.05) is 24.3 Å². The first kappa shape index (κ1) is 18.5. The number of hydrogen-bond acceptors (Lipinski definition) is 6. The Morgan fingerprint density at radius 2 is 2.03 bits per heavy atom. The maximum Gasteiger partial charge on any atom is 0.266 e. The molecule has 1 N–H and O–H groups in total. The average Bonchev–Trinajstić information content (AvgIpc) is 3.23. The minimum Gasteiger partial charge on any atom is -0.351 e. The molecule has 1 aromatic carbocycles. The van der Waals surface area contributed by atoms with E-state index in [9.17, 15) is 8.78 Å². The van der Waals surface area contributed by atoms with Crippen molar-refractivity contribution in [2.75, 3.05) is 23.3 Å². The van der Waals surface area contributed by atoms with Crippen LogP contribution in [-0.4, -0.2) is 50.0 Å². The van der Waals surface area contributed by atoms with Gasteiger partial charge in [0, 0.05) is 24.0 Å². The molecule has 0 bridgehead atoms. The number of benzene rings is 1. The van der Waals surface area contributed by atoms with Gasteiger partial charge in [-0.25, -0.2) is 13.5 Å². The van der Waals surface area contributed by atoms with Gasteiger partial charge in [-0.2, -0.15) is 9.97 Å². The van der Waals surface area contributed by atoms with Crippen molar-refractivity contribution in [1.82, 2.24) is 25.0 Å². The molecule has 3 aromatic rings. The molecule has 1 aliphatic heterocycles. The van der Waals surface area contributed by atoms with Crippen molar-refractivity contribution < 1.29 is 8.78 Å². The molecule has 2 fully saturated rings. The van der Waals surface area contributed by atoms with Crippen LogP contribution < -0.4 is 10.2 Å². The van der Waals surface area contributed by atoms with Gasteiger partial charge < -0.3 is 10.2 Å². The van der Waals surface area contributed by atoms with Crippen molar-refractivity contribution >= 4 is 34.5 Å². The second-order valence-electron chi connectivity index (χ2n) is 7.68. The van der Waals surface area contributed by atoms with Crippen LogP contribution in [0.1, 0.15) is 31.2 Å². The number of aromatic nitrogens is 5. The summed E-state index contributed by atoms with van der Waals surface area (Å²) in [6, 6.07) is 7.79. The van der Waals surface area contributed by atoms with Gasteiger partial charge >= 0.3 is 0 Å². The second-order valence-corrected chi connectivity index (χ2v) is 8.09. The smallest absolute Gasteiger partial charge is 0.266 e. The number of hydrogen-bond donors (Lipinski definition) is 1. The van der Waals surface area contributed by atoms with Crippen molar-refractivity contribution in [3.8, 4) is 0 Å². The van der Waals surface area contributed by atoms with E-state index in [-0.39, 0.29) is 19.5 Å². The molecule has 152 valence electrons. The van der Waals surface area contributed by atoms with E-state index in [0.29, 0.717) is 40.5 Å². The fourth-order valence-electron chi connectivity index (χ4n) is 3.67. The summed E-state index contributed by atoms with van der Waals surface area (Å²) in [5, 5.41) is 12.4. The van der Waals surface area contributed by atoms with Crippen molar-refractivity contribution in [2.45, 2.75) is 44.2 Å². The van der Waals surface area contributed by atoms with Gasteiger partial charge in [-0.1, -0.05) is 35.0 Å². The molecular weight excluding hydrogens is 400 g/mol. The van der Waals surface area contributed by atoms with Gasteiger partial charge in [0.1, 0.15) is 0 Å². The summed E-state index contributed by atoms with van der Waals surface area (Å²) in [7, 11) is 0. The predicted octanol–water partition coefficient (Wildman–Crippen LogP) is 3.73. The van der Waals surface area contributed by atoms with Gasteiger partial charge in [0.2, 0.25) is 5.95 Å². The van der Waals surface area contributed by atoms with E-state index in [2.05, 4.69) is 25.6 Å². The maximum atomic E-state index is 13.8. The van der Waals surface area contributed by atoms with Crippen LogP contribution in [0.2, 0.25) is 5.02 Å². The number of halogens is 3. The first-order chi connectivity index (χ1) is 14.0. The maximum absolute atomic E-state index is 13.8. The monoisotopic (exact) mass is 419 g/mol. The molecule has 1 aliphatic carbocycles. The highest BCUT2D eigenvalue weighted by Crippen LogP contribution is 2.34. The lowest BCUT2D eigenvalue weighted by atomic mass is 9.93. The summed E-state index contributed by atoms with van der Waals surface area (Å²) in [6.45, 7) is 0.227. The third-order valence-electron chi connectivity index (χ3n) is 5.53. The standard InChI is InChI=1S/C19H20ClF2N7/c20-14-7-2-1-4-12(14)10-29-17-15(26-27-29)16(28-9-8-19(21,22)11-28)24-18(25-17)23-13-5-3-6-13/h1-2,4,7,13H,3,5-6,8-11H2,(H,23,24,25). The Bertz CT molecular complexity index is 1050. The minimum absolute atomic E-state index is 0.197. The second kappa shape index (κ2) is 7.05. The van der Waals surface area contributed by atoms with Gasteiger partial charge in [0.05, 0.1) is 13.1 Å². The molecule has 0 unspecified atom stereocenters. The summed E-state index contributed by atoms with van der Waals surface area (Å²) < 4.78 is 29.3. The molecule has 7 nitrogen and oxygen atoms in total. The highest BCUT2D eigenvalue weighted by atomic mass is 35.5. The van der Waals surface area contributed by atoms with Crippen molar-refractivity contribution in [3.63, 3.8) is 0 Å². The fourth-order valence-corrected chi connectivity index (χ4v) is 3.87. The molecule has 29 heavy (non-hydrogen) atoms. The third kappa shape index (κ3) is 3.59. The van der Waals surface area contributed by atoms with Crippen molar-refractivity contribution in [2.24, 2.45) is 0 Å². The van der Waals surface area contributed by atoms with Crippen LogP contribution in [-0.2, 0) is 6.54 Å². The molecule has 1 saturated heterocycles. The van der Waals surface area contributed by atoms with Crippen LogP contribution in [0.3, 0.4) is 0 Å². The Balaban J connectivity index is 1.56. The minimum atomic E-state index is -2.73. The summed E-state index contributed by atoms with van der Waals surface area (Å²) in [4.78, 5) is 10.7. The lowest BCUT2D eigenvalue weighted by Crippen LogP contribution is -2.29. The van der Waals surface area contributed by atoms with E-state index in [1.165, 1.54) is 0 Å². The molecule has 0 radical (unpaired) electrons. The lowest BCUT2D eigenvalue weighted by Gasteiger charge is -2.27. The number of alkyl halides is 2. The Morgan fingerprint density at radius 3 is 2.72 bits per heavy atom. The Morgan fingerprint density at radius 1 is 1.21 bits per heavy atom. The van der Waals surface area contributed by atoms with E-state index in [1.54, 1.807) is 9.58 Å². The molecule has 3 heterocycles. The Kier molecular flexibility index (Phi) is 4.49. The molecule has 2 aliphatic rings. The van der Waals surface area contributed by atoms with Gasteiger partial charge in [-0.3, -0.25) is 0 Å².